The van der Waals surface area contributed by atoms with Crippen LogP contribution in [-0.4, -0.2) is 104 Å². The Balaban J connectivity index is 1.82. The summed E-state index contributed by atoms with van der Waals surface area (Å²) >= 11 is 0. The Morgan fingerprint density at radius 2 is 1.61 bits per heavy atom. The Bertz CT molecular complexity index is 2440. The minimum atomic E-state index is -1.44. The van der Waals surface area contributed by atoms with Crippen LogP contribution in [0.2, 0.25) is 0 Å². The normalized spacial score (nSPS) is 17.1. The minimum absolute atomic E-state index is 0.0120. The quantitative estimate of drug-likeness (QED) is 0.0691. The molecule has 4 bridgehead atoms. The lowest BCUT2D eigenvalue weighted by atomic mass is 9.86. The van der Waals surface area contributed by atoms with Crippen LogP contribution >= 0.6 is 0 Å². The molecule has 1 aliphatic heterocycles. The molecule has 0 radical (unpaired) electrons. The van der Waals surface area contributed by atoms with Gasteiger partial charge < -0.3 is 64.3 Å². The molecule has 1 aliphatic rings. The van der Waals surface area contributed by atoms with Crippen LogP contribution in [0, 0.1) is 16.7 Å². The van der Waals surface area contributed by atoms with Gasteiger partial charge in [-0.15, -0.1) is 0 Å². The summed E-state index contributed by atoms with van der Waals surface area (Å²) in [5.74, 6) is -3.04. The van der Waals surface area contributed by atoms with Crippen LogP contribution < -0.4 is 59.4 Å². The number of benzene rings is 2. The molecule has 0 saturated carbocycles. The highest BCUT2D eigenvalue weighted by Crippen LogP contribution is 2.40. The number of anilines is 2. The molecule has 19 nitrogen and oxygen atoms in total. The maximum Gasteiger partial charge on any atom is 0.255 e. The number of ether oxygens (including phenoxy) is 2. The van der Waals surface area contributed by atoms with Gasteiger partial charge in [0.1, 0.15) is 61.2 Å². The van der Waals surface area contributed by atoms with Gasteiger partial charge in [0.15, 0.2) is 0 Å². The largest absolute Gasteiger partial charge is 0.492 e. The number of nitrogen functional groups attached to an aromatic ring is 2. The lowest BCUT2D eigenvalue weighted by molar-refractivity contribution is -0.141. The van der Waals surface area contributed by atoms with Gasteiger partial charge in [0.2, 0.25) is 23.6 Å². The van der Waals surface area contributed by atoms with Crippen LogP contribution in [0.1, 0.15) is 74.3 Å². The topological polar surface area (TPSA) is 322 Å². The first-order valence-electron chi connectivity index (χ1n) is 21.8. The van der Waals surface area contributed by atoms with Crippen LogP contribution in [-0.2, 0) is 25.6 Å². The van der Waals surface area contributed by atoms with Gasteiger partial charge in [-0.25, -0.2) is 4.98 Å². The molecule has 1 aromatic heterocycles. The second-order valence-electron chi connectivity index (χ2n) is 17.0. The molecule has 5 amide bonds. The highest BCUT2D eigenvalue weighted by Gasteiger charge is 2.36. The number of nitrogens with two attached hydrogens (primary N) is 5. The molecule has 4 rings (SSSR count). The molecule has 0 fully saturated rings. The van der Waals surface area contributed by atoms with Crippen molar-refractivity contribution in [3.8, 4) is 28.7 Å². The number of nitriles is 1. The summed E-state index contributed by atoms with van der Waals surface area (Å²) in [7, 11) is 1.38. The zero-order chi connectivity index (χ0) is 49.6. The first-order chi connectivity index (χ1) is 31.8. The Morgan fingerprint density at radius 1 is 0.970 bits per heavy atom. The van der Waals surface area contributed by atoms with E-state index in [0.717, 1.165) is 10.5 Å². The highest BCUT2D eigenvalue weighted by molar-refractivity contribution is 6.03. The number of carbonyl (C=O) groups excluding carboxylic acids is 5. The van der Waals surface area contributed by atoms with Crippen LogP contribution in [0.25, 0.3) is 16.7 Å². The maximum absolute atomic E-state index is 14.7. The summed E-state index contributed by atoms with van der Waals surface area (Å²) in [5, 5.41) is 19.8. The van der Waals surface area contributed by atoms with E-state index in [1.54, 1.807) is 42.5 Å². The third-order valence-electron chi connectivity index (χ3n) is 10.9. The van der Waals surface area contributed by atoms with E-state index in [1.165, 1.54) is 20.0 Å². The van der Waals surface area contributed by atoms with Gasteiger partial charge in [-0.05, 0) is 84.8 Å². The van der Waals surface area contributed by atoms with Crippen molar-refractivity contribution < 1.29 is 33.4 Å². The fourth-order valence-corrected chi connectivity index (χ4v) is 7.32. The average Bonchev–Trinajstić information content (AvgIpc) is 3.28. The Morgan fingerprint density at radius 3 is 2.21 bits per heavy atom. The fourth-order valence-electron chi connectivity index (χ4n) is 7.32. The molecule has 14 N–H and O–H groups in total. The summed E-state index contributed by atoms with van der Waals surface area (Å²) in [6.07, 6.45) is 5.45. The van der Waals surface area contributed by atoms with Crippen molar-refractivity contribution in [2.24, 2.45) is 22.6 Å². The summed E-state index contributed by atoms with van der Waals surface area (Å²) in [6.45, 7) is 13.6. The fraction of sp³-hybridized carbons (Fsp3) is 0.396. The molecule has 0 aliphatic carbocycles. The molecular weight excluding hydrogens is 857 g/mol. The van der Waals surface area contributed by atoms with Crippen LogP contribution in [0.4, 0.5) is 11.5 Å². The first-order valence-corrected chi connectivity index (χ1v) is 21.8. The molecule has 0 saturated heterocycles. The van der Waals surface area contributed by atoms with Crippen molar-refractivity contribution in [2.45, 2.75) is 71.6 Å². The van der Waals surface area contributed by atoms with E-state index in [2.05, 4.69) is 53.6 Å². The third kappa shape index (κ3) is 13.4. The number of amides is 5. The number of likely N-dealkylation sites (N-methyl/N-ethyl adjacent to an activating group) is 1. The van der Waals surface area contributed by atoms with E-state index in [9.17, 15) is 24.0 Å². The van der Waals surface area contributed by atoms with E-state index in [0.29, 0.717) is 39.5 Å². The number of aromatic nitrogens is 1. The second kappa shape index (κ2) is 23.8. The molecule has 19 heteroatoms. The first kappa shape index (κ1) is 52.4. The predicted octanol–water partition coefficient (Wildman–Crippen LogP) is 1.98. The zero-order valence-electron chi connectivity index (χ0n) is 39.0. The van der Waals surface area contributed by atoms with Gasteiger partial charge in [0.25, 0.3) is 5.91 Å². The van der Waals surface area contributed by atoms with Crippen molar-refractivity contribution >= 4 is 46.6 Å². The van der Waals surface area contributed by atoms with Gasteiger partial charge in [0.05, 0.1) is 23.0 Å². The number of fused-ring (bicyclic) bond motifs is 5. The van der Waals surface area contributed by atoms with Gasteiger partial charge in [0, 0.05) is 37.7 Å². The van der Waals surface area contributed by atoms with Gasteiger partial charge >= 0.3 is 0 Å². The number of carbonyl (C=O) groups is 5. The monoisotopic (exact) mass is 921 g/mol. The molecule has 2 heterocycles. The van der Waals surface area contributed by atoms with Gasteiger partial charge in [-0.1, -0.05) is 57.7 Å². The van der Waals surface area contributed by atoms with E-state index < -0.39 is 53.7 Å². The Hall–Kier alpha value is -7.27. The van der Waals surface area contributed by atoms with Crippen molar-refractivity contribution in [2.75, 3.05) is 57.9 Å². The lowest BCUT2D eigenvalue weighted by Crippen LogP contribution is -2.56. The summed E-state index contributed by atoms with van der Waals surface area (Å²) in [6, 6.07) is 8.13. The average molecular weight is 921 g/mol. The maximum atomic E-state index is 14.7. The molecular formula is C48H64N12O7. The van der Waals surface area contributed by atoms with E-state index in [4.69, 9.17) is 43.4 Å². The van der Waals surface area contributed by atoms with Gasteiger partial charge in [-0.2, -0.15) is 5.26 Å². The van der Waals surface area contributed by atoms with Crippen molar-refractivity contribution in [1.82, 2.24) is 31.2 Å². The Labute approximate surface area is 391 Å². The standard InChI is InChI=1S/C48H64N12O7/c1-8-31(48(4,5)6)12-9-27(2)40-35(53)26-34(42(54)59-40)44(62)57-36(15-16-49)47(65)60(7)41-30-11-14-39(67-22-19-52)33(25-30)32-23-29(10-13-38(32)66-21-18-51)24-37(45(63)55-20-17-50)58-43(61)28(3)56-46(41)64/h8-14,23,25-26,28,36-37,41H,1,15-16,18-22,24,49,51-53H2,2-7H3,(H2,54,59)(H,55,63)(H,56,64)(H,57,62)(H,58,61)/b27-9+,31-12+/t28-,36-,37-,41-/m0/s1. The molecule has 0 unspecified atom stereocenters. The molecule has 358 valence electrons. The lowest BCUT2D eigenvalue weighted by Gasteiger charge is -2.32. The van der Waals surface area contributed by atoms with E-state index >= 15 is 0 Å². The molecule has 2 aromatic carbocycles. The molecule has 3 aromatic rings. The van der Waals surface area contributed by atoms with Crippen LogP contribution in [0.5, 0.6) is 11.5 Å². The number of rotatable bonds is 17. The number of hydrogen-bond acceptors (Lipinski definition) is 14. The Kier molecular flexibility index (Phi) is 18.6. The van der Waals surface area contributed by atoms with Crippen molar-refractivity contribution in [3.63, 3.8) is 0 Å². The predicted molar refractivity (Wildman–Crippen MR) is 258 cm³/mol. The molecule has 67 heavy (non-hydrogen) atoms. The molecule has 0 spiro atoms. The van der Waals surface area contributed by atoms with E-state index in [-0.39, 0.29) is 80.3 Å². The summed E-state index contributed by atoms with van der Waals surface area (Å²) in [4.78, 5) is 75.9. The third-order valence-corrected chi connectivity index (χ3v) is 10.9. The number of allylic oxidation sites excluding steroid dienone is 5. The second-order valence-corrected chi connectivity index (χ2v) is 17.0. The van der Waals surface area contributed by atoms with E-state index in [1.807, 2.05) is 25.1 Å². The number of pyridine rings is 1. The number of nitrogens with one attached hydrogen (secondary N) is 4. The number of nitrogens with zero attached hydrogens (tertiary/aromatic N) is 3. The van der Waals surface area contributed by atoms with Crippen molar-refractivity contribution in [3.05, 3.63) is 95.2 Å². The van der Waals surface area contributed by atoms with Gasteiger partial charge in [-0.3, -0.25) is 24.0 Å². The van der Waals surface area contributed by atoms with Crippen LogP contribution in [0.3, 0.4) is 0 Å². The molecule has 4 atom stereocenters. The van der Waals surface area contributed by atoms with Crippen molar-refractivity contribution in [1.29, 1.82) is 5.26 Å². The highest BCUT2D eigenvalue weighted by atomic mass is 16.5. The number of hydrogen-bond donors (Lipinski definition) is 9. The SMILES string of the molecule is C=C/C(=C\C=C(/C)c1nc(N)c(C(=O)N[C@@H](CCN)C(=O)N(C)[C@@H]2C(=O)N[C@@H](C)C(=O)N[C@H](C(=O)NCC#N)Cc3ccc(OCCN)c(c3)-c3cc2ccc3OCCN)cc1N)C(C)(C)C. The summed E-state index contributed by atoms with van der Waals surface area (Å²) < 4.78 is 12.2. The smallest absolute Gasteiger partial charge is 0.255 e. The summed E-state index contributed by atoms with van der Waals surface area (Å²) in [5.41, 5.74) is 34.2. The zero-order valence-corrected chi connectivity index (χ0v) is 39.0. The minimum Gasteiger partial charge on any atom is -0.492 e. The van der Waals surface area contributed by atoms with Crippen LogP contribution in [0.15, 0.2) is 72.8 Å².